The molecule has 0 fully saturated rings. The summed E-state index contributed by atoms with van der Waals surface area (Å²) in [7, 11) is 0. The third-order valence-electron chi connectivity index (χ3n) is 7.37. The molecule has 0 amide bonds. The van der Waals surface area contributed by atoms with Crippen LogP contribution in [-0.2, 0) is 19.1 Å². The van der Waals surface area contributed by atoms with Crippen LogP contribution in [0.2, 0.25) is 0 Å². The predicted molar refractivity (Wildman–Crippen MR) is 183 cm³/mol. The summed E-state index contributed by atoms with van der Waals surface area (Å²) < 4.78 is 10.5. The minimum absolute atomic E-state index is 0.107. The Bertz CT molecular complexity index is 782. The van der Waals surface area contributed by atoms with E-state index in [0.717, 1.165) is 70.1 Å². The fourth-order valence-electron chi connectivity index (χ4n) is 4.63. The average Bonchev–Trinajstić information content (AvgIpc) is 3.00. The number of unbranched alkanes of at least 4 members (excludes halogenated alkanes) is 10. The molecule has 0 bridgehead atoms. The molecule has 0 aromatic heterocycles. The SMILES string of the molecule is CCCC[C@H](O)/C=C\C/C=C\C/C=C\C/C=C\CCCC(=O)OC[C@H](CO)OC(=O)CCCCCCCCCCCC(C)C. The zero-order valence-corrected chi connectivity index (χ0v) is 28.4. The maximum Gasteiger partial charge on any atom is 0.306 e. The summed E-state index contributed by atoms with van der Waals surface area (Å²) in [4.78, 5) is 24.1. The highest BCUT2D eigenvalue weighted by molar-refractivity contribution is 5.70. The van der Waals surface area contributed by atoms with Gasteiger partial charge in [0.15, 0.2) is 6.10 Å². The second-order valence-electron chi connectivity index (χ2n) is 12.2. The van der Waals surface area contributed by atoms with Crippen LogP contribution in [0.15, 0.2) is 48.6 Å². The van der Waals surface area contributed by atoms with Gasteiger partial charge in [0.2, 0.25) is 0 Å². The van der Waals surface area contributed by atoms with Crippen LogP contribution in [0.3, 0.4) is 0 Å². The third kappa shape index (κ3) is 31.3. The summed E-state index contributed by atoms with van der Waals surface area (Å²) in [5.41, 5.74) is 0. The van der Waals surface area contributed by atoms with Gasteiger partial charge in [-0.3, -0.25) is 9.59 Å². The highest BCUT2D eigenvalue weighted by Gasteiger charge is 2.16. The van der Waals surface area contributed by atoms with E-state index in [0.29, 0.717) is 19.3 Å². The second-order valence-corrected chi connectivity index (χ2v) is 12.2. The highest BCUT2D eigenvalue weighted by Crippen LogP contribution is 2.14. The quantitative estimate of drug-likeness (QED) is 0.0473. The van der Waals surface area contributed by atoms with Crippen molar-refractivity contribution >= 4 is 11.9 Å². The Balaban J connectivity index is 3.74. The van der Waals surface area contributed by atoms with Crippen LogP contribution >= 0.6 is 0 Å². The van der Waals surface area contributed by atoms with Gasteiger partial charge in [-0.2, -0.15) is 0 Å². The Hall–Kier alpha value is -2.18. The molecule has 2 atom stereocenters. The van der Waals surface area contributed by atoms with Crippen molar-refractivity contribution in [3.05, 3.63) is 48.6 Å². The summed E-state index contributed by atoms with van der Waals surface area (Å²) in [5.74, 6) is 0.124. The predicted octanol–water partition coefficient (Wildman–Crippen LogP) is 9.50. The molecule has 44 heavy (non-hydrogen) atoms. The number of aliphatic hydroxyl groups is 2. The number of hydrogen-bond acceptors (Lipinski definition) is 6. The minimum Gasteiger partial charge on any atom is -0.462 e. The van der Waals surface area contributed by atoms with Crippen LogP contribution in [0.4, 0.5) is 0 Å². The van der Waals surface area contributed by atoms with Crippen molar-refractivity contribution in [2.75, 3.05) is 13.2 Å². The molecular formula is C38H66O6. The lowest BCUT2D eigenvalue weighted by atomic mass is 10.0. The van der Waals surface area contributed by atoms with Gasteiger partial charge in [-0.25, -0.2) is 0 Å². The molecule has 0 unspecified atom stereocenters. The van der Waals surface area contributed by atoms with Crippen molar-refractivity contribution in [1.29, 1.82) is 0 Å². The van der Waals surface area contributed by atoms with Gasteiger partial charge in [-0.15, -0.1) is 0 Å². The number of aliphatic hydroxyl groups excluding tert-OH is 2. The van der Waals surface area contributed by atoms with E-state index in [2.05, 4.69) is 57.2 Å². The summed E-state index contributed by atoms with van der Waals surface area (Å²) in [6.07, 6.45) is 35.1. The molecule has 0 heterocycles. The number of carbonyl (C=O) groups excluding carboxylic acids is 2. The standard InChI is InChI=1S/C38H66O6/c1-4-5-28-35(40)29-24-20-16-12-8-6-7-9-13-17-21-25-30-37(41)43-33-36(32-39)44-38(42)31-26-22-18-14-10-11-15-19-23-27-34(2)3/h6-7,12-13,16-17,24,29,34-36,39-40H,4-5,8-11,14-15,18-23,25-28,30-33H2,1-3H3/b7-6-,16-12-,17-13-,29-24-/t35-,36-/m0/s1. The van der Waals surface area contributed by atoms with Gasteiger partial charge in [-0.05, 0) is 50.9 Å². The number of carbonyl (C=O) groups is 2. The molecule has 0 spiro atoms. The first-order valence-electron chi connectivity index (χ1n) is 17.6. The van der Waals surface area contributed by atoms with E-state index >= 15 is 0 Å². The van der Waals surface area contributed by atoms with E-state index in [9.17, 15) is 19.8 Å². The molecule has 0 aliphatic carbocycles. The Labute approximate surface area is 270 Å². The van der Waals surface area contributed by atoms with E-state index in [1.807, 2.05) is 12.2 Å². The van der Waals surface area contributed by atoms with Crippen LogP contribution < -0.4 is 0 Å². The smallest absolute Gasteiger partial charge is 0.306 e. The largest absolute Gasteiger partial charge is 0.462 e. The molecule has 6 nitrogen and oxygen atoms in total. The van der Waals surface area contributed by atoms with Gasteiger partial charge >= 0.3 is 11.9 Å². The van der Waals surface area contributed by atoms with Crippen LogP contribution in [-0.4, -0.2) is 47.6 Å². The van der Waals surface area contributed by atoms with Crippen molar-refractivity contribution in [3.8, 4) is 0 Å². The van der Waals surface area contributed by atoms with Crippen molar-refractivity contribution in [2.24, 2.45) is 5.92 Å². The first-order chi connectivity index (χ1) is 21.4. The zero-order chi connectivity index (χ0) is 32.5. The Morgan fingerprint density at radius 2 is 1.20 bits per heavy atom. The fourth-order valence-corrected chi connectivity index (χ4v) is 4.63. The van der Waals surface area contributed by atoms with Crippen molar-refractivity contribution in [1.82, 2.24) is 0 Å². The van der Waals surface area contributed by atoms with Crippen molar-refractivity contribution < 1.29 is 29.3 Å². The molecule has 254 valence electrons. The molecular weight excluding hydrogens is 552 g/mol. The monoisotopic (exact) mass is 618 g/mol. The summed E-state index contributed by atoms with van der Waals surface area (Å²) >= 11 is 0. The van der Waals surface area contributed by atoms with Gasteiger partial charge in [0.05, 0.1) is 12.7 Å². The number of rotatable bonds is 30. The topological polar surface area (TPSA) is 93.1 Å². The van der Waals surface area contributed by atoms with E-state index in [4.69, 9.17) is 9.47 Å². The molecule has 6 heteroatoms. The molecule has 0 saturated heterocycles. The molecule has 0 rings (SSSR count). The van der Waals surface area contributed by atoms with Gasteiger partial charge in [0.1, 0.15) is 6.61 Å². The number of esters is 2. The maximum absolute atomic E-state index is 12.1. The Kier molecular flexibility index (Phi) is 30.6. The maximum atomic E-state index is 12.1. The highest BCUT2D eigenvalue weighted by atomic mass is 16.6. The second kappa shape index (κ2) is 32.2. The summed E-state index contributed by atoms with van der Waals surface area (Å²) in [5, 5.41) is 19.3. The van der Waals surface area contributed by atoms with E-state index in [-0.39, 0.29) is 31.3 Å². The van der Waals surface area contributed by atoms with Gasteiger partial charge in [0, 0.05) is 12.8 Å². The average molecular weight is 619 g/mol. The molecule has 0 saturated carbocycles. The van der Waals surface area contributed by atoms with Gasteiger partial charge in [-0.1, -0.05) is 140 Å². The molecule has 0 aromatic carbocycles. The molecule has 0 radical (unpaired) electrons. The van der Waals surface area contributed by atoms with E-state index < -0.39 is 6.10 Å². The van der Waals surface area contributed by atoms with E-state index in [1.165, 1.54) is 44.9 Å². The Morgan fingerprint density at radius 1 is 0.659 bits per heavy atom. The molecule has 0 aromatic rings. The lowest BCUT2D eigenvalue weighted by molar-refractivity contribution is -0.161. The third-order valence-corrected chi connectivity index (χ3v) is 7.37. The van der Waals surface area contributed by atoms with E-state index in [1.54, 1.807) is 0 Å². The molecule has 2 N–H and O–H groups in total. The van der Waals surface area contributed by atoms with Gasteiger partial charge in [0.25, 0.3) is 0 Å². The lowest BCUT2D eigenvalue weighted by Crippen LogP contribution is -2.28. The minimum atomic E-state index is -0.802. The van der Waals surface area contributed by atoms with Crippen molar-refractivity contribution in [3.63, 3.8) is 0 Å². The summed E-state index contributed by atoms with van der Waals surface area (Å²) in [6, 6.07) is 0. The summed E-state index contributed by atoms with van der Waals surface area (Å²) in [6.45, 7) is 6.22. The Morgan fingerprint density at radius 3 is 1.80 bits per heavy atom. The van der Waals surface area contributed by atoms with Crippen LogP contribution in [0.1, 0.15) is 149 Å². The lowest BCUT2D eigenvalue weighted by Gasteiger charge is -2.15. The first kappa shape index (κ1) is 41.8. The van der Waals surface area contributed by atoms with Crippen LogP contribution in [0.25, 0.3) is 0 Å². The molecule has 0 aliphatic rings. The van der Waals surface area contributed by atoms with Crippen LogP contribution in [0.5, 0.6) is 0 Å². The molecule has 0 aliphatic heterocycles. The number of hydrogen-bond donors (Lipinski definition) is 2. The number of ether oxygens (including phenoxy) is 2. The zero-order valence-electron chi connectivity index (χ0n) is 28.4. The van der Waals surface area contributed by atoms with Gasteiger partial charge < -0.3 is 19.7 Å². The van der Waals surface area contributed by atoms with Crippen LogP contribution in [0, 0.1) is 5.92 Å². The van der Waals surface area contributed by atoms with Crippen molar-refractivity contribution in [2.45, 2.75) is 161 Å². The first-order valence-corrected chi connectivity index (χ1v) is 17.6. The normalized spacial score (nSPS) is 13.6. The fraction of sp³-hybridized carbons (Fsp3) is 0.737. The number of allylic oxidation sites excluding steroid dienone is 7.